The Hall–Kier alpha value is -0.940. The van der Waals surface area contributed by atoms with Crippen molar-refractivity contribution in [3.05, 3.63) is 38.3 Å². The first-order valence-electron chi connectivity index (χ1n) is 4.22. The standard InChI is InChI=1S/C9H11BrN2O2/c1-11-5-4-7-2-3-8(10)6-9(7)12(13)14/h2-3,6,11H,4-5H2,1H3. The van der Waals surface area contributed by atoms with Crippen molar-refractivity contribution in [2.45, 2.75) is 6.42 Å². The average molecular weight is 259 g/mol. The molecule has 0 aliphatic carbocycles. The van der Waals surface area contributed by atoms with Crippen LogP contribution in [0.5, 0.6) is 0 Å². The Morgan fingerprint density at radius 1 is 1.57 bits per heavy atom. The summed E-state index contributed by atoms with van der Waals surface area (Å²) in [6.07, 6.45) is 0.667. The first kappa shape index (κ1) is 11.1. The molecule has 0 unspecified atom stereocenters. The molecule has 0 radical (unpaired) electrons. The molecule has 0 aliphatic rings. The van der Waals surface area contributed by atoms with Crippen LogP contribution in [0.2, 0.25) is 0 Å². The van der Waals surface area contributed by atoms with E-state index in [4.69, 9.17) is 0 Å². The topological polar surface area (TPSA) is 55.2 Å². The monoisotopic (exact) mass is 258 g/mol. The van der Waals surface area contributed by atoms with Gasteiger partial charge in [0.15, 0.2) is 0 Å². The maximum absolute atomic E-state index is 10.7. The van der Waals surface area contributed by atoms with Crippen molar-refractivity contribution >= 4 is 21.6 Å². The molecule has 1 N–H and O–H groups in total. The molecule has 0 fully saturated rings. The zero-order valence-electron chi connectivity index (χ0n) is 7.79. The van der Waals surface area contributed by atoms with E-state index in [9.17, 15) is 10.1 Å². The van der Waals surface area contributed by atoms with Gasteiger partial charge in [-0.25, -0.2) is 0 Å². The minimum atomic E-state index is -0.351. The van der Waals surface area contributed by atoms with Gasteiger partial charge < -0.3 is 5.32 Å². The van der Waals surface area contributed by atoms with Gasteiger partial charge in [0.05, 0.1) is 4.92 Å². The normalized spacial score (nSPS) is 10.1. The summed E-state index contributed by atoms with van der Waals surface area (Å²) in [6, 6.07) is 5.13. The van der Waals surface area contributed by atoms with Crippen LogP contribution in [0.15, 0.2) is 22.7 Å². The molecule has 0 aromatic heterocycles. The number of hydrogen-bond acceptors (Lipinski definition) is 3. The minimum Gasteiger partial charge on any atom is -0.319 e. The summed E-state index contributed by atoms with van der Waals surface area (Å²) in [5.74, 6) is 0. The molecule has 0 saturated heterocycles. The number of nitrogens with zero attached hydrogens (tertiary/aromatic N) is 1. The molecular formula is C9H11BrN2O2. The summed E-state index contributed by atoms with van der Waals surface area (Å²) >= 11 is 3.21. The van der Waals surface area contributed by atoms with Gasteiger partial charge in [-0.1, -0.05) is 22.0 Å². The summed E-state index contributed by atoms with van der Waals surface area (Å²) in [7, 11) is 1.82. The van der Waals surface area contributed by atoms with E-state index in [-0.39, 0.29) is 10.6 Å². The lowest BCUT2D eigenvalue weighted by molar-refractivity contribution is -0.385. The summed E-state index contributed by atoms with van der Waals surface area (Å²) in [5.41, 5.74) is 0.933. The zero-order chi connectivity index (χ0) is 10.6. The highest BCUT2D eigenvalue weighted by molar-refractivity contribution is 9.10. The number of nitrogens with one attached hydrogen (secondary N) is 1. The van der Waals surface area contributed by atoms with Gasteiger partial charge in [-0.3, -0.25) is 10.1 Å². The van der Waals surface area contributed by atoms with Crippen LogP contribution in [0.3, 0.4) is 0 Å². The number of nitro benzene ring substituents is 1. The highest BCUT2D eigenvalue weighted by Gasteiger charge is 2.12. The lowest BCUT2D eigenvalue weighted by atomic mass is 10.1. The van der Waals surface area contributed by atoms with Crippen molar-refractivity contribution in [3.8, 4) is 0 Å². The molecule has 4 nitrogen and oxygen atoms in total. The predicted octanol–water partition coefficient (Wildman–Crippen LogP) is 2.12. The van der Waals surface area contributed by atoms with Crippen LogP contribution < -0.4 is 5.32 Å². The van der Waals surface area contributed by atoms with E-state index in [1.165, 1.54) is 6.07 Å². The lowest BCUT2D eigenvalue weighted by Gasteiger charge is -2.02. The number of nitro groups is 1. The Morgan fingerprint density at radius 2 is 2.29 bits per heavy atom. The van der Waals surface area contributed by atoms with Crippen LogP contribution in [-0.2, 0) is 6.42 Å². The van der Waals surface area contributed by atoms with E-state index < -0.39 is 0 Å². The van der Waals surface area contributed by atoms with Gasteiger partial charge in [0.25, 0.3) is 5.69 Å². The van der Waals surface area contributed by atoms with Gasteiger partial charge in [0.2, 0.25) is 0 Å². The highest BCUT2D eigenvalue weighted by atomic mass is 79.9. The number of likely N-dealkylation sites (N-methyl/N-ethyl adjacent to an activating group) is 1. The molecule has 0 bridgehead atoms. The number of rotatable bonds is 4. The Balaban J connectivity index is 2.96. The maximum atomic E-state index is 10.7. The third-order valence-corrected chi connectivity index (χ3v) is 2.38. The fourth-order valence-corrected chi connectivity index (χ4v) is 1.53. The highest BCUT2D eigenvalue weighted by Crippen LogP contribution is 2.23. The van der Waals surface area contributed by atoms with Gasteiger partial charge in [-0.05, 0) is 26.1 Å². The Morgan fingerprint density at radius 3 is 2.86 bits per heavy atom. The van der Waals surface area contributed by atoms with Crippen molar-refractivity contribution in [2.24, 2.45) is 0 Å². The molecule has 0 spiro atoms. The third kappa shape index (κ3) is 2.78. The van der Waals surface area contributed by atoms with Gasteiger partial charge >= 0.3 is 0 Å². The molecule has 0 heterocycles. The molecule has 0 saturated carbocycles. The predicted molar refractivity (Wildman–Crippen MR) is 58.4 cm³/mol. The van der Waals surface area contributed by atoms with Crippen molar-refractivity contribution < 1.29 is 4.92 Å². The third-order valence-electron chi connectivity index (χ3n) is 1.89. The summed E-state index contributed by atoms with van der Waals surface area (Å²) in [5, 5.41) is 13.7. The van der Waals surface area contributed by atoms with Crippen LogP contribution in [0.25, 0.3) is 0 Å². The maximum Gasteiger partial charge on any atom is 0.273 e. The minimum absolute atomic E-state index is 0.176. The number of halogens is 1. The first-order valence-corrected chi connectivity index (χ1v) is 5.02. The fourth-order valence-electron chi connectivity index (χ4n) is 1.18. The van der Waals surface area contributed by atoms with Gasteiger partial charge in [-0.2, -0.15) is 0 Å². The van der Waals surface area contributed by atoms with Crippen LogP contribution in [0.1, 0.15) is 5.56 Å². The van der Waals surface area contributed by atoms with Crippen LogP contribution in [0.4, 0.5) is 5.69 Å². The Bertz CT molecular complexity index is 342. The van der Waals surface area contributed by atoms with E-state index in [1.807, 2.05) is 13.1 Å². The van der Waals surface area contributed by atoms with E-state index in [0.29, 0.717) is 6.42 Å². The zero-order valence-corrected chi connectivity index (χ0v) is 9.37. The van der Waals surface area contributed by atoms with E-state index >= 15 is 0 Å². The molecule has 5 heteroatoms. The van der Waals surface area contributed by atoms with Gasteiger partial charge in [0.1, 0.15) is 0 Å². The van der Waals surface area contributed by atoms with Crippen molar-refractivity contribution in [3.63, 3.8) is 0 Å². The van der Waals surface area contributed by atoms with E-state index in [0.717, 1.165) is 16.6 Å². The average Bonchev–Trinajstić information content (AvgIpc) is 2.15. The second kappa shape index (κ2) is 5.07. The quantitative estimate of drug-likeness (QED) is 0.665. The molecule has 0 amide bonds. The molecule has 1 aromatic rings. The molecule has 1 aromatic carbocycles. The van der Waals surface area contributed by atoms with Gasteiger partial charge in [0, 0.05) is 16.1 Å². The van der Waals surface area contributed by atoms with E-state index in [2.05, 4.69) is 21.2 Å². The van der Waals surface area contributed by atoms with Crippen LogP contribution >= 0.6 is 15.9 Å². The fraction of sp³-hybridized carbons (Fsp3) is 0.333. The largest absolute Gasteiger partial charge is 0.319 e. The SMILES string of the molecule is CNCCc1ccc(Br)cc1[N+](=O)[O-]. The summed E-state index contributed by atoms with van der Waals surface area (Å²) in [6.45, 7) is 0.739. The van der Waals surface area contributed by atoms with Crippen molar-refractivity contribution in [1.29, 1.82) is 0 Å². The summed E-state index contributed by atoms with van der Waals surface area (Å²) < 4.78 is 0.734. The number of benzene rings is 1. The molecule has 1 rings (SSSR count). The van der Waals surface area contributed by atoms with Crippen molar-refractivity contribution in [1.82, 2.24) is 5.32 Å². The van der Waals surface area contributed by atoms with Crippen molar-refractivity contribution in [2.75, 3.05) is 13.6 Å². The van der Waals surface area contributed by atoms with E-state index in [1.54, 1.807) is 6.07 Å². The Kier molecular flexibility index (Phi) is 4.03. The molecule has 0 atom stereocenters. The molecule has 76 valence electrons. The number of hydrogen-bond donors (Lipinski definition) is 1. The lowest BCUT2D eigenvalue weighted by Crippen LogP contribution is -2.11. The smallest absolute Gasteiger partial charge is 0.273 e. The Labute approximate surface area is 90.6 Å². The molecule has 0 aliphatic heterocycles. The second-order valence-electron chi connectivity index (χ2n) is 2.88. The van der Waals surface area contributed by atoms with Crippen LogP contribution in [-0.4, -0.2) is 18.5 Å². The summed E-state index contributed by atoms with van der Waals surface area (Å²) in [4.78, 5) is 10.4. The van der Waals surface area contributed by atoms with Gasteiger partial charge in [-0.15, -0.1) is 0 Å². The first-order chi connectivity index (χ1) is 6.65. The molecule has 14 heavy (non-hydrogen) atoms. The van der Waals surface area contributed by atoms with Crippen LogP contribution in [0, 0.1) is 10.1 Å². The second-order valence-corrected chi connectivity index (χ2v) is 3.80. The molecular weight excluding hydrogens is 248 g/mol.